The zero-order valence-corrected chi connectivity index (χ0v) is 5.97. The summed E-state index contributed by atoms with van der Waals surface area (Å²) in [6.07, 6.45) is 0. The monoisotopic (exact) mass is 137 g/mol. The van der Waals surface area contributed by atoms with Crippen molar-refractivity contribution < 1.29 is 19.8 Å². The predicted molar refractivity (Wildman–Crippen MR) is 17.5 cm³/mol. The molecule has 0 radical (unpaired) electrons. The summed E-state index contributed by atoms with van der Waals surface area (Å²) in [5, 5.41) is 0. The number of hydrogen-bond acceptors (Lipinski definition) is 3. The molecular formula is H2CaO4P+. The molecule has 0 aliphatic rings. The Labute approximate surface area is 65.4 Å². The minimum absolute atomic E-state index is 0. The molecule has 0 aromatic heterocycles. The van der Waals surface area contributed by atoms with Gasteiger partial charge in [-0.1, -0.05) is 0 Å². The third kappa shape index (κ3) is 61.3. The summed E-state index contributed by atoms with van der Waals surface area (Å²) in [4.78, 5) is 15.6. The van der Waals surface area contributed by atoms with Crippen molar-refractivity contribution in [2.45, 2.75) is 0 Å². The third-order valence-corrected chi connectivity index (χ3v) is 0. The van der Waals surface area contributed by atoms with Crippen LogP contribution in [0.4, 0.5) is 0 Å². The van der Waals surface area contributed by atoms with Crippen molar-refractivity contribution in [3.8, 4) is 0 Å². The van der Waals surface area contributed by atoms with Crippen molar-refractivity contribution in [3.05, 3.63) is 0 Å². The molecule has 4 nitrogen and oxygen atoms in total. The molecule has 0 saturated carbocycles. The molecule has 6 heteroatoms. The second kappa shape index (κ2) is 9.53. The van der Waals surface area contributed by atoms with E-state index < -0.39 is 8.25 Å². The molecule has 2 N–H and O–H groups in total. The van der Waals surface area contributed by atoms with Crippen LogP contribution in [0.3, 0.4) is 0 Å². The molecular weight excluding hydrogens is 135 g/mol. The minimum Gasteiger partial charge on any atom is -0.870 e. The maximum atomic E-state index is 8.59. The van der Waals surface area contributed by atoms with Gasteiger partial charge < -0.3 is 10.4 Å². The topological polar surface area (TPSA) is 90.4 Å². The Balaban J connectivity index is -0.0000000450. The summed E-state index contributed by atoms with van der Waals surface area (Å²) in [5.74, 6) is 0. The smallest absolute Gasteiger partial charge is 0.870 e. The first kappa shape index (κ1) is 15.7. The summed E-state index contributed by atoms with van der Waals surface area (Å²) in [5.41, 5.74) is 0. The van der Waals surface area contributed by atoms with E-state index in [0.29, 0.717) is 0 Å². The van der Waals surface area contributed by atoms with E-state index in [0.717, 1.165) is 0 Å². The zero-order chi connectivity index (χ0) is 3.58. The molecule has 0 bridgehead atoms. The van der Waals surface area contributed by atoms with Crippen molar-refractivity contribution in [3.63, 3.8) is 0 Å². The Morgan fingerprint density at radius 3 is 1.67 bits per heavy atom. The normalized spacial score (nSPS) is 7.33. The van der Waals surface area contributed by atoms with E-state index in [9.17, 15) is 0 Å². The standard InChI is InChI=1S/Ca.HO3P.H2O/c;1-4(2)3;/h;(H,1,2,3);1H2/q+2;;/p-1. The number of rotatable bonds is 0. The van der Waals surface area contributed by atoms with Gasteiger partial charge in [0.1, 0.15) is 0 Å². The Bertz CT molecular complexity index is 30.5. The Morgan fingerprint density at radius 1 is 1.67 bits per heavy atom. The average molecular weight is 137 g/mol. The van der Waals surface area contributed by atoms with Gasteiger partial charge in [-0.05, 0) is 4.57 Å². The van der Waals surface area contributed by atoms with Gasteiger partial charge in [0.15, 0.2) is 0 Å². The van der Waals surface area contributed by atoms with E-state index >= 15 is 0 Å². The van der Waals surface area contributed by atoms with E-state index in [4.69, 9.17) is 14.4 Å². The summed E-state index contributed by atoms with van der Waals surface area (Å²) in [7, 11) is -3.12. The molecule has 32 valence electrons. The Morgan fingerprint density at radius 2 is 1.67 bits per heavy atom. The molecule has 0 spiro atoms. The average Bonchev–Trinajstić information content (AvgIpc) is 0.811. The molecule has 0 rings (SSSR count). The van der Waals surface area contributed by atoms with Gasteiger partial charge in [0.2, 0.25) is 0 Å². The van der Waals surface area contributed by atoms with Gasteiger partial charge in [0.05, 0.1) is 0 Å². The van der Waals surface area contributed by atoms with E-state index in [1.165, 1.54) is 0 Å². The van der Waals surface area contributed by atoms with Gasteiger partial charge in [0.25, 0.3) is 0 Å². The van der Waals surface area contributed by atoms with Crippen LogP contribution in [0.1, 0.15) is 0 Å². The summed E-state index contributed by atoms with van der Waals surface area (Å²) in [6.45, 7) is 0. The van der Waals surface area contributed by atoms with Crippen LogP contribution in [0, 0.1) is 0 Å². The first-order valence-electron chi connectivity index (χ1n) is 0.565. The van der Waals surface area contributed by atoms with Crippen LogP contribution in [0.15, 0.2) is 0 Å². The molecule has 0 amide bonds. The van der Waals surface area contributed by atoms with Crippen LogP contribution >= 0.6 is 8.25 Å². The zero-order valence-electron chi connectivity index (χ0n) is 2.87. The van der Waals surface area contributed by atoms with Crippen molar-refractivity contribution in [1.82, 2.24) is 0 Å². The fourth-order valence-electron chi connectivity index (χ4n) is 0. The van der Waals surface area contributed by atoms with Crippen LogP contribution in [0.2, 0.25) is 0 Å². The summed E-state index contributed by atoms with van der Waals surface area (Å²) >= 11 is 0. The summed E-state index contributed by atoms with van der Waals surface area (Å²) in [6, 6.07) is 0. The van der Waals surface area contributed by atoms with Gasteiger partial charge in [-0.2, -0.15) is 4.89 Å². The molecule has 0 aromatic carbocycles. The maximum absolute atomic E-state index is 8.59. The molecule has 1 unspecified atom stereocenters. The molecule has 6 heavy (non-hydrogen) atoms. The third-order valence-electron chi connectivity index (χ3n) is 0. The van der Waals surface area contributed by atoms with Gasteiger partial charge in [0, 0.05) is 0 Å². The van der Waals surface area contributed by atoms with Crippen LogP contribution in [0.25, 0.3) is 0 Å². The minimum atomic E-state index is -3.12. The molecule has 0 aromatic rings. The number of hydrogen-bond donors (Lipinski definition) is 1. The van der Waals surface area contributed by atoms with Gasteiger partial charge in [-0.3, -0.25) is 0 Å². The molecule has 0 fully saturated rings. The van der Waals surface area contributed by atoms with Gasteiger partial charge >= 0.3 is 46.0 Å². The first-order valence-corrected chi connectivity index (χ1v) is 1.70. The van der Waals surface area contributed by atoms with Gasteiger partial charge in [-0.15, -0.1) is 0 Å². The van der Waals surface area contributed by atoms with E-state index in [1.807, 2.05) is 0 Å². The van der Waals surface area contributed by atoms with Crippen molar-refractivity contribution >= 4 is 46.0 Å². The van der Waals surface area contributed by atoms with Crippen molar-refractivity contribution in [2.24, 2.45) is 0 Å². The fourth-order valence-corrected chi connectivity index (χ4v) is 0. The van der Waals surface area contributed by atoms with Crippen LogP contribution in [-0.2, 0) is 4.57 Å². The molecule has 0 heterocycles. The van der Waals surface area contributed by atoms with E-state index in [-0.39, 0.29) is 43.2 Å². The Kier molecular flexibility index (Phi) is 24.9. The molecule has 0 saturated heterocycles. The largest absolute Gasteiger partial charge is 2.00 e. The summed E-state index contributed by atoms with van der Waals surface area (Å²) < 4.78 is 8.59. The van der Waals surface area contributed by atoms with Crippen molar-refractivity contribution in [2.75, 3.05) is 0 Å². The predicted octanol–water partition coefficient (Wildman–Crippen LogP) is -1.56. The quantitative estimate of drug-likeness (QED) is 0.323. The maximum Gasteiger partial charge on any atom is 2.00 e. The van der Waals surface area contributed by atoms with E-state index in [2.05, 4.69) is 0 Å². The second-order valence-electron chi connectivity index (χ2n) is 0.238. The molecule has 0 aliphatic carbocycles. The van der Waals surface area contributed by atoms with Crippen LogP contribution in [0.5, 0.6) is 0 Å². The SMILES string of the molecule is O=[P+]([O-])O.[Ca+2].[OH-]. The first-order chi connectivity index (χ1) is 1.73. The fraction of sp³-hybridized carbons (Fsp3) is 0. The van der Waals surface area contributed by atoms with Crippen LogP contribution < -0.4 is 4.89 Å². The van der Waals surface area contributed by atoms with Crippen molar-refractivity contribution in [1.29, 1.82) is 0 Å². The molecule has 1 atom stereocenters. The Hall–Kier alpha value is 1.24. The van der Waals surface area contributed by atoms with Gasteiger partial charge in [-0.25, -0.2) is 0 Å². The second-order valence-corrected chi connectivity index (χ2v) is 0.714. The van der Waals surface area contributed by atoms with E-state index in [1.54, 1.807) is 0 Å². The molecule has 0 aliphatic heterocycles. The van der Waals surface area contributed by atoms with Crippen LogP contribution in [-0.4, -0.2) is 48.1 Å².